The first-order valence-corrected chi connectivity index (χ1v) is 6.81. The maximum Gasteiger partial charge on any atom is 0.156 e. The predicted molar refractivity (Wildman–Crippen MR) is 81.5 cm³/mol. The van der Waals surface area contributed by atoms with Gasteiger partial charge in [-0.25, -0.2) is 0 Å². The van der Waals surface area contributed by atoms with Gasteiger partial charge in [-0.3, -0.25) is 4.98 Å². The third-order valence-corrected chi connectivity index (χ3v) is 3.14. The molecule has 1 N–H and O–H groups in total. The highest BCUT2D eigenvalue weighted by Gasteiger charge is 2.10. The topological polar surface area (TPSA) is 50.7 Å². The molecule has 20 heavy (non-hydrogen) atoms. The number of aromatic nitrogens is 3. The molecule has 1 aromatic carbocycles. The number of benzene rings is 1. The zero-order chi connectivity index (χ0) is 13.8. The first kappa shape index (κ1) is 12.5. The first-order chi connectivity index (χ1) is 9.90. The maximum atomic E-state index is 4.37. The number of rotatable bonds is 4. The lowest BCUT2D eigenvalue weighted by Crippen LogP contribution is -2.04. The van der Waals surface area contributed by atoms with E-state index in [2.05, 4.69) is 39.6 Å². The van der Waals surface area contributed by atoms with E-state index in [1.807, 2.05) is 30.3 Å². The molecule has 100 valence electrons. The van der Waals surface area contributed by atoms with Crippen molar-refractivity contribution in [2.45, 2.75) is 13.3 Å². The fraction of sp³-hybridized carbons (Fsp3) is 0.188. The maximum absolute atomic E-state index is 4.37. The van der Waals surface area contributed by atoms with Gasteiger partial charge in [0, 0.05) is 23.5 Å². The minimum atomic E-state index is 0.822. The molecule has 0 saturated carbocycles. The SMILES string of the molecule is CCCNc1nnc(-c2ccccn2)c2ccccc12. The molecule has 4 heteroatoms. The van der Waals surface area contributed by atoms with Crippen molar-refractivity contribution in [3.63, 3.8) is 0 Å². The highest BCUT2D eigenvalue weighted by molar-refractivity contribution is 5.99. The molecular weight excluding hydrogens is 248 g/mol. The summed E-state index contributed by atoms with van der Waals surface area (Å²) in [6, 6.07) is 14.0. The van der Waals surface area contributed by atoms with Crippen molar-refractivity contribution in [1.82, 2.24) is 15.2 Å². The molecule has 0 unspecified atom stereocenters. The van der Waals surface area contributed by atoms with E-state index in [1.165, 1.54) is 0 Å². The Bertz CT molecular complexity index is 710. The summed E-state index contributed by atoms with van der Waals surface area (Å²) in [6.45, 7) is 3.02. The molecule has 4 nitrogen and oxygen atoms in total. The van der Waals surface area contributed by atoms with Crippen LogP contribution in [0, 0.1) is 0 Å². The number of nitrogens with one attached hydrogen (secondary N) is 1. The number of hydrogen-bond donors (Lipinski definition) is 1. The second-order valence-corrected chi connectivity index (χ2v) is 4.58. The van der Waals surface area contributed by atoms with E-state index < -0.39 is 0 Å². The summed E-state index contributed by atoms with van der Waals surface area (Å²) in [5.41, 5.74) is 1.67. The van der Waals surface area contributed by atoms with Crippen molar-refractivity contribution in [2.75, 3.05) is 11.9 Å². The molecule has 0 bridgehead atoms. The summed E-state index contributed by atoms with van der Waals surface area (Å²) in [4.78, 5) is 4.37. The minimum Gasteiger partial charge on any atom is -0.368 e. The zero-order valence-corrected chi connectivity index (χ0v) is 11.4. The van der Waals surface area contributed by atoms with Crippen LogP contribution in [0.1, 0.15) is 13.3 Å². The van der Waals surface area contributed by atoms with Crippen molar-refractivity contribution >= 4 is 16.6 Å². The van der Waals surface area contributed by atoms with Gasteiger partial charge in [-0.2, -0.15) is 0 Å². The smallest absolute Gasteiger partial charge is 0.156 e. The standard InChI is InChI=1S/C16H16N4/c1-2-10-18-16-13-8-4-3-7-12(13)15(19-20-16)14-9-5-6-11-17-14/h3-9,11H,2,10H2,1H3,(H,18,20). The van der Waals surface area contributed by atoms with Crippen LogP contribution in [0.25, 0.3) is 22.2 Å². The van der Waals surface area contributed by atoms with Crippen LogP contribution in [-0.2, 0) is 0 Å². The molecule has 3 rings (SSSR count). The lowest BCUT2D eigenvalue weighted by atomic mass is 10.1. The highest BCUT2D eigenvalue weighted by Crippen LogP contribution is 2.28. The lowest BCUT2D eigenvalue weighted by Gasteiger charge is -2.09. The summed E-state index contributed by atoms with van der Waals surface area (Å²) < 4.78 is 0. The Hall–Kier alpha value is -2.49. The van der Waals surface area contributed by atoms with Gasteiger partial charge in [0.25, 0.3) is 0 Å². The summed E-state index contributed by atoms with van der Waals surface area (Å²) in [5.74, 6) is 0.835. The normalized spacial score (nSPS) is 10.7. The average Bonchev–Trinajstić information content (AvgIpc) is 2.53. The van der Waals surface area contributed by atoms with Crippen molar-refractivity contribution in [3.8, 4) is 11.4 Å². The van der Waals surface area contributed by atoms with Gasteiger partial charge in [0.2, 0.25) is 0 Å². The number of pyridine rings is 1. The molecular formula is C16H16N4. The van der Waals surface area contributed by atoms with Gasteiger partial charge >= 0.3 is 0 Å². The minimum absolute atomic E-state index is 0.822. The Morgan fingerprint density at radius 2 is 1.75 bits per heavy atom. The van der Waals surface area contributed by atoms with E-state index in [-0.39, 0.29) is 0 Å². The van der Waals surface area contributed by atoms with Gasteiger partial charge in [0.05, 0.1) is 5.69 Å². The largest absolute Gasteiger partial charge is 0.368 e. The number of anilines is 1. The molecule has 0 fully saturated rings. The first-order valence-electron chi connectivity index (χ1n) is 6.81. The van der Waals surface area contributed by atoms with Crippen LogP contribution >= 0.6 is 0 Å². The van der Waals surface area contributed by atoms with Crippen molar-refractivity contribution in [1.29, 1.82) is 0 Å². The Balaban J connectivity index is 2.16. The molecule has 2 heterocycles. The second kappa shape index (κ2) is 5.65. The third kappa shape index (κ3) is 2.32. The van der Waals surface area contributed by atoms with E-state index in [1.54, 1.807) is 6.20 Å². The van der Waals surface area contributed by atoms with Crippen molar-refractivity contribution < 1.29 is 0 Å². The Labute approximate surface area is 117 Å². The van der Waals surface area contributed by atoms with E-state index in [0.29, 0.717) is 0 Å². The molecule has 0 saturated heterocycles. The molecule has 0 aliphatic carbocycles. The van der Waals surface area contributed by atoms with Gasteiger partial charge in [-0.1, -0.05) is 37.3 Å². The van der Waals surface area contributed by atoms with Crippen LogP contribution in [0.3, 0.4) is 0 Å². The Kier molecular flexibility index (Phi) is 3.54. The summed E-state index contributed by atoms with van der Waals surface area (Å²) in [5, 5.41) is 14.1. The van der Waals surface area contributed by atoms with Crippen molar-refractivity contribution in [3.05, 3.63) is 48.7 Å². The summed E-state index contributed by atoms with van der Waals surface area (Å²) in [6.07, 6.45) is 2.83. The van der Waals surface area contributed by atoms with Gasteiger partial charge in [-0.15, -0.1) is 10.2 Å². The molecule has 0 atom stereocenters. The van der Waals surface area contributed by atoms with Crippen LogP contribution in [0.4, 0.5) is 5.82 Å². The third-order valence-electron chi connectivity index (χ3n) is 3.14. The molecule has 0 amide bonds. The van der Waals surface area contributed by atoms with Crippen LogP contribution in [0.5, 0.6) is 0 Å². The van der Waals surface area contributed by atoms with Gasteiger partial charge in [0.1, 0.15) is 5.69 Å². The van der Waals surface area contributed by atoms with E-state index in [9.17, 15) is 0 Å². The van der Waals surface area contributed by atoms with E-state index >= 15 is 0 Å². The lowest BCUT2D eigenvalue weighted by molar-refractivity contribution is 0.951. The predicted octanol–water partition coefficient (Wildman–Crippen LogP) is 3.51. The second-order valence-electron chi connectivity index (χ2n) is 4.58. The van der Waals surface area contributed by atoms with Crippen LogP contribution in [0.2, 0.25) is 0 Å². The fourth-order valence-electron chi connectivity index (χ4n) is 2.17. The van der Waals surface area contributed by atoms with E-state index in [0.717, 1.165) is 40.9 Å². The van der Waals surface area contributed by atoms with Crippen LogP contribution in [0.15, 0.2) is 48.7 Å². The quantitative estimate of drug-likeness (QED) is 0.783. The molecule has 2 aromatic heterocycles. The van der Waals surface area contributed by atoms with Crippen LogP contribution < -0.4 is 5.32 Å². The Morgan fingerprint density at radius 1 is 0.950 bits per heavy atom. The average molecular weight is 264 g/mol. The monoisotopic (exact) mass is 264 g/mol. The summed E-state index contributed by atoms with van der Waals surface area (Å²) >= 11 is 0. The molecule has 0 aliphatic rings. The highest BCUT2D eigenvalue weighted by atomic mass is 15.2. The number of nitrogens with zero attached hydrogens (tertiary/aromatic N) is 3. The molecule has 0 spiro atoms. The number of fused-ring (bicyclic) bond motifs is 1. The van der Waals surface area contributed by atoms with Gasteiger partial charge in [0.15, 0.2) is 5.82 Å². The Morgan fingerprint density at radius 3 is 2.50 bits per heavy atom. The zero-order valence-electron chi connectivity index (χ0n) is 11.4. The number of hydrogen-bond acceptors (Lipinski definition) is 4. The van der Waals surface area contributed by atoms with Crippen molar-refractivity contribution in [2.24, 2.45) is 0 Å². The molecule has 0 aliphatic heterocycles. The van der Waals surface area contributed by atoms with Crippen LogP contribution in [-0.4, -0.2) is 21.7 Å². The van der Waals surface area contributed by atoms with Gasteiger partial charge < -0.3 is 5.32 Å². The fourth-order valence-corrected chi connectivity index (χ4v) is 2.17. The van der Waals surface area contributed by atoms with Gasteiger partial charge in [-0.05, 0) is 18.6 Å². The van der Waals surface area contributed by atoms with E-state index in [4.69, 9.17) is 0 Å². The molecule has 0 radical (unpaired) electrons. The molecule has 3 aromatic rings. The summed E-state index contributed by atoms with van der Waals surface area (Å²) in [7, 11) is 0.